The van der Waals surface area contributed by atoms with Crippen molar-refractivity contribution in [1.82, 2.24) is 14.0 Å². The summed E-state index contributed by atoms with van der Waals surface area (Å²) < 4.78 is 26.3. The van der Waals surface area contributed by atoms with Gasteiger partial charge in [0.2, 0.25) is 0 Å². The maximum absolute atomic E-state index is 13.9. The molecule has 3 heterocycles. The van der Waals surface area contributed by atoms with Gasteiger partial charge in [0.15, 0.2) is 24.0 Å². The summed E-state index contributed by atoms with van der Waals surface area (Å²) in [5.74, 6) is -0.722. The first kappa shape index (κ1) is 13.2. The van der Waals surface area contributed by atoms with Gasteiger partial charge in [-0.2, -0.15) is 0 Å². The van der Waals surface area contributed by atoms with Crippen LogP contribution >= 0.6 is 0 Å². The number of nitrogens with zero attached hydrogens (tertiary/aromatic N) is 3. The monoisotopic (exact) mass is 285 g/mol. The Morgan fingerprint density at radius 2 is 2.25 bits per heavy atom. The highest BCUT2D eigenvalue weighted by atomic mass is 19.1. The van der Waals surface area contributed by atoms with Crippen molar-refractivity contribution in [2.24, 2.45) is 0 Å². The maximum atomic E-state index is 13.9. The Bertz CT molecular complexity index is 697. The van der Waals surface area contributed by atoms with Crippen LogP contribution in [0.15, 0.2) is 17.2 Å². The lowest BCUT2D eigenvalue weighted by Crippen LogP contribution is -2.31. The molecule has 1 aliphatic heterocycles. The number of aliphatic hydroxyl groups is 2. The van der Waals surface area contributed by atoms with E-state index < -0.39 is 30.6 Å². The van der Waals surface area contributed by atoms with E-state index in [9.17, 15) is 9.18 Å². The van der Waals surface area contributed by atoms with E-state index in [-0.39, 0.29) is 24.6 Å². The molecule has 0 aliphatic carbocycles. The average molecular weight is 285 g/mol. The quantitative estimate of drug-likeness (QED) is 0.750. The highest BCUT2D eigenvalue weighted by Gasteiger charge is 2.28. The number of imidazole rings is 1. The van der Waals surface area contributed by atoms with Crippen LogP contribution in [0.5, 0.6) is 0 Å². The SMILES string of the molecule is O=c1n([C@H]2CO[C@@H](CO)O2)cc(F)c2nc(CO)cn12. The standard InChI is InChI=1S/C11H12FN3O5/c12-7-2-14(8-5-19-9(4-17)20-8)11(18)15-1-6(3-16)13-10(7)15/h1-2,8-9,16-17H,3-5H2/t8-,9-/m1/s1. The molecule has 1 fully saturated rings. The van der Waals surface area contributed by atoms with Crippen molar-refractivity contribution in [1.29, 1.82) is 0 Å². The van der Waals surface area contributed by atoms with Crippen LogP contribution < -0.4 is 5.69 Å². The molecule has 2 aromatic heterocycles. The largest absolute Gasteiger partial charge is 0.391 e. The first-order valence-electron chi connectivity index (χ1n) is 5.91. The molecule has 108 valence electrons. The Labute approximate surface area is 111 Å². The van der Waals surface area contributed by atoms with E-state index in [1.807, 2.05) is 0 Å². The molecular weight excluding hydrogens is 273 g/mol. The van der Waals surface area contributed by atoms with Crippen molar-refractivity contribution in [3.63, 3.8) is 0 Å². The molecule has 8 nitrogen and oxygen atoms in total. The van der Waals surface area contributed by atoms with Crippen molar-refractivity contribution >= 4 is 5.65 Å². The smallest absolute Gasteiger partial charge is 0.336 e. The van der Waals surface area contributed by atoms with Crippen LogP contribution in [-0.2, 0) is 16.1 Å². The van der Waals surface area contributed by atoms with Crippen LogP contribution in [0.2, 0.25) is 0 Å². The lowest BCUT2D eigenvalue weighted by Gasteiger charge is -2.13. The summed E-state index contributed by atoms with van der Waals surface area (Å²) in [6, 6.07) is 0. The fourth-order valence-electron chi connectivity index (χ4n) is 2.07. The minimum absolute atomic E-state index is 0.0254. The molecule has 1 aliphatic rings. The number of ether oxygens (including phenoxy) is 2. The highest BCUT2D eigenvalue weighted by Crippen LogP contribution is 2.20. The van der Waals surface area contributed by atoms with Gasteiger partial charge in [-0.3, -0.25) is 4.57 Å². The van der Waals surface area contributed by atoms with Gasteiger partial charge in [-0.15, -0.1) is 0 Å². The summed E-state index contributed by atoms with van der Waals surface area (Å²) in [6.07, 6.45) is 0.580. The Hall–Kier alpha value is -1.81. The van der Waals surface area contributed by atoms with E-state index in [1.54, 1.807) is 0 Å². The van der Waals surface area contributed by atoms with Gasteiger partial charge in [0, 0.05) is 6.20 Å². The minimum atomic E-state index is -0.832. The number of hydrogen-bond donors (Lipinski definition) is 2. The molecule has 0 bridgehead atoms. The Morgan fingerprint density at radius 3 is 2.90 bits per heavy atom. The third-order valence-electron chi connectivity index (χ3n) is 3.00. The fourth-order valence-corrected chi connectivity index (χ4v) is 2.07. The lowest BCUT2D eigenvalue weighted by atomic mass is 10.5. The molecule has 1 saturated heterocycles. The molecule has 20 heavy (non-hydrogen) atoms. The number of rotatable bonds is 3. The molecule has 2 N–H and O–H groups in total. The van der Waals surface area contributed by atoms with Gasteiger partial charge >= 0.3 is 5.69 Å². The molecule has 0 unspecified atom stereocenters. The summed E-state index contributed by atoms with van der Waals surface area (Å²) in [5, 5.41) is 17.9. The van der Waals surface area contributed by atoms with Gasteiger partial charge in [0.1, 0.15) is 0 Å². The second-order valence-corrected chi connectivity index (χ2v) is 4.29. The van der Waals surface area contributed by atoms with Gasteiger partial charge in [0.05, 0.1) is 31.7 Å². The fraction of sp³-hybridized carbons (Fsp3) is 0.455. The zero-order chi connectivity index (χ0) is 14.3. The summed E-state index contributed by atoms with van der Waals surface area (Å²) in [4.78, 5) is 16.0. The van der Waals surface area contributed by atoms with E-state index in [0.717, 1.165) is 15.2 Å². The normalized spacial score (nSPS) is 22.8. The second kappa shape index (κ2) is 4.94. The molecule has 0 saturated carbocycles. The van der Waals surface area contributed by atoms with Gasteiger partial charge in [-0.05, 0) is 0 Å². The summed E-state index contributed by atoms with van der Waals surface area (Å²) in [6.45, 7) is -0.719. The third-order valence-corrected chi connectivity index (χ3v) is 3.00. The van der Waals surface area contributed by atoms with Crippen molar-refractivity contribution < 1.29 is 24.1 Å². The predicted octanol–water partition coefficient (Wildman–Crippen LogP) is -1.01. The Balaban J connectivity index is 2.08. The van der Waals surface area contributed by atoms with Crippen molar-refractivity contribution in [3.8, 4) is 0 Å². The summed E-state index contributed by atoms with van der Waals surface area (Å²) in [7, 11) is 0. The van der Waals surface area contributed by atoms with Crippen LogP contribution in [0.3, 0.4) is 0 Å². The second-order valence-electron chi connectivity index (χ2n) is 4.29. The number of fused-ring (bicyclic) bond motifs is 1. The van der Waals surface area contributed by atoms with E-state index in [4.69, 9.17) is 19.7 Å². The number of aromatic nitrogens is 3. The maximum Gasteiger partial charge on any atom is 0.336 e. The molecule has 3 rings (SSSR count). The first-order chi connectivity index (χ1) is 9.63. The van der Waals surface area contributed by atoms with E-state index in [2.05, 4.69) is 4.98 Å². The zero-order valence-electron chi connectivity index (χ0n) is 10.3. The van der Waals surface area contributed by atoms with Crippen molar-refractivity contribution in [3.05, 3.63) is 34.4 Å². The van der Waals surface area contributed by atoms with Crippen LogP contribution in [-0.4, -0.2) is 43.7 Å². The Morgan fingerprint density at radius 1 is 1.45 bits per heavy atom. The summed E-state index contributed by atoms with van der Waals surface area (Å²) in [5.41, 5.74) is -0.538. The summed E-state index contributed by atoms with van der Waals surface area (Å²) >= 11 is 0. The van der Waals surface area contributed by atoms with Crippen molar-refractivity contribution in [2.45, 2.75) is 19.1 Å². The zero-order valence-corrected chi connectivity index (χ0v) is 10.3. The minimum Gasteiger partial charge on any atom is -0.391 e. The molecule has 0 aromatic carbocycles. The van der Waals surface area contributed by atoms with Crippen LogP contribution in [0.25, 0.3) is 5.65 Å². The highest BCUT2D eigenvalue weighted by molar-refractivity contribution is 5.40. The van der Waals surface area contributed by atoms with Gasteiger partial charge < -0.3 is 19.7 Å². The van der Waals surface area contributed by atoms with Gasteiger partial charge in [0.25, 0.3) is 0 Å². The molecule has 0 amide bonds. The predicted molar refractivity (Wildman–Crippen MR) is 62.3 cm³/mol. The number of aliphatic hydroxyl groups excluding tert-OH is 2. The van der Waals surface area contributed by atoms with Crippen LogP contribution in [0.1, 0.15) is 11.9 Å². The molecular formula is C11H12FN3O5. The third kappa shape index (κ3) is 2.00. The Kier molecular flexibility index (Phi) is 3.26. The first-order valence-corrected chi connectivity index (χ1v) is 5.91. The van der Waals surface area contributed by atoms with Gasteiger partial charge in [-0.25, -0.2) is 18.6 Å². The topological polar surface area (TPSA) is 98.2 Å². The van der Waals surface area contributed by atoms with E-state index in [0.29, 0.717) is 0 Å². The molecule has 0 radical (unpaired) electrons. The van der Waals surface area contributed by atoms with Crippen LogP contribution in [0.4, 0.5) is 4.39 Å². The average Bonchev–Trinajstić information content (AvgIpc) is 3.09. The van der Waals surface area contributed by atoms with Gasteiger partial charge in [-0.1, -0.05) is 0 Å². The molecule has 2 atom stereocenters. The van der Waals surface area contributed by atoms with Crippen molar-refractivity contribution in [2.75, 3.05) is 13.2 Å². The molecule has 0 spiro atoms. The van der Waals surface area contributed by atoms with Crippen LogP contribution in [0, 0.1) is 5.82 Å². The number of halogens is 1. The van der Waals surface area contributed by atoms with E-state index >= 15 is 0 Å². The molecule has 2 aromatic rings. The number of hydrogen-bond acceptors (Lipinski definition) is 6. The lowest BCUT2D eigenvalue weighted by molar-refractivity contribution is -0.0994. The molecule has 9 heteroatoms. The van der Waals surface area contributed by atoms with E-state index in [1.165, 1.54) is 6.20 Å².